The number of nitrogens with zero attached hydrogens (tertiary/aromatic N) is 2. The zero-order valence-electron chi connectivity index (χ0n) is 9.04. The summed E-state index contributed by atoms with van der Waals surface area (Å²) in [7, 11) is 0. The van der Waals surface area contributed by atoms with Crippen LogP contribution in [0.1, 0.15) is 18.4 Å². The van der Waals surface area contributed by atoms with Gasteiger partial charge in [-0.25, -0.2) is 8.78 Å². The molecule has 0 amide bonds. The van der Waals surface area contributed by atoms with Gasteiger partial charge in [-0.15, -0.1) is 0 Å². The monoisotopic (exact) mass is 236 g/mol. The van der Waals surface area contributed by atoms with Crippen LogP contribution in [0.3, 0.4) is 0 Å². The summed E-state index contributed by atoms with van der Waals surface area (Å²) in [6, 6.07) is 3.71. The van der Waals surface area contributed by atoms with E-state index in [1.54, 1.807) is 6.07 Å². The lowest BCUT2D eigenvalue weighted by Gasteiger charge is -2.28. The lowest BCUT2D eigenvalue weighted by Crippen LogP contribution is -2.35. The summed E-state index contributed by atoms with van der Waals surface area (Å²) >= 11 is 0. The van der Waals surface area contributed by atoms with Crippen molar-refractivity contribution in [3.63, 3.8) is 0 Å². The molecule has 17 heavy (non-hydrogen) atoms. The first-order valence-corrected chi connectivity index (χ1v) is 5.27. The van der Waals surface area contributed by atoms with Crippen molar-refractivity contribution in [2.24, 2.45) is 0 Å². The van der Waals surface area contributed by atoms with E-state index >= 15 is 0 Å². The molecule has 0 N–H and O–H groups in total. The molecule has 0 atom stereocenters. The van der Waals surface area contributed by atoms with E-state index in [9.17, 15) is 13.6 Å². The van der Waals surface area contributed by atoms with Gasteiger partial charge in [0.15, 0.2) is 11.6 Å². The van der Waals surface area contributed by atoms with Gasteiger partial charge in [-0.2, -0.15) is 5.26 Å². The third kappa shape index (κ3) is 2.26. The Balaban J connectivity index is 2.33. The van der Waals surface area contributed by atoms with Crippen molar-refractivity contribution in [2.75, 3.05) is 18.0 Å². The van der Waals surface area contributed by atoms with Crippen LogP contribution < -0.4 is 4.90 Å². The fourth-order valence-electron chi connectivity index (χ4n) is 1.91. The van der Waals surface area contributed by atoms with Crippen LogP contribution in [0, 0.1) is 23.0 Å². The van der Waals surface area contributed by atoms with E-state index in [2.05, 4.69) is 0 Å². The molecule has 88 valence electrons. The van der Waals surface area contributed by atoms with Crippen LogP contribution in [0.2, 0.25) is 0 Å². The van der Waals surface area contributed by atoms with Gasteiger partial charge in [-0.1, -0.05) is 0 Å². The van der Waals surface area contributed by atoms with Gasteiger partial charge in [0.1, 0.15) is 11.5 Å². The number of anilines is 1. The van der Waals surface area contributed by atoms with Gasteiger partial charge in [0, 0.05) is 25.9 Å². The number of Topliss-reactive ketones (excluding diaryl/α,β-unsaturated/α-hetero) is 1. The van der Waals surface area contributed by atoms with Crippen LogP contribution in [-0.2, 0) is 4.79 Å². The SMILES string of the molecule is N#Cc1cc(F)c(N2CCC(=O)CC2)c(F)c1. The van der Waals surface area contributed by atoms with E-state index in [0.29, 0.717) is 25.9 Å². The number of nitriles is 1. The summed E-state index contributed by atoms with van der Waals surface area (Å²) in [6.07, 6.45) is 0.609. The first-order chi connectivity index (χ1) is 8.11. The maximum atomic E-state index is 13.7. The molecule has 0 unspecified atom stereocenters. The summed E-state index contributed by atoms with van der Waals surface area (Å²) in [5.74, 6) is -1.40. The van der Waals surface area contributed by atoms with Crippen molar-refractivity contribution < 1.29 is 13.6 Å². The van der Waals surface area contributed by atoms with E-state index in [1.165, 1.54) is 4.90 Å². The van der Waals surface area contributed by atoms with Crippen LogP contribution in [0.4, 0.5) is 14.5 Å². The zero-order chi connectivity index (χ0) is 12.4. The van der Waals surface area contributed by atoms with Crippen molar-refractivity contribution in [3.05, 3.63) is 29.3 Å². The smallest absolute Gasteiger partial charge is 0.150 e. The number of piperidine rings is 1. The number of halogens is 2. The lowest BCUT2D eigenvalue weighted by atomic mass is 10.1. The van der Waals surface area contributed by atoms with E-state index < -0.39 is 11.6 Å². The quantitative estimate of drug-likeness (QED) is 0.749. The van der Waals surface area contributed by atoms with Gasteiger partial charge >= 0.3 is 0 Å². The normalized spacial score (nSPS) is 15.8. The Kier molecular flexibility index (Phi) is 3.05. The van der Waals surface area contributed by atoms with Crippen LogP contribution in [-0.4, -0.2) is 18.9 Å². The summed E-state index contributed by atoms with van der Waals surface area (Å²) in [5, 5.41) is 8.58. The highest BCUT2D eigenvalue weighted by Gasteiger charge is 2.22. The average Bonchev–Trinajstić information content (AvgIpc) is 2.30. The Hall–Kier alpha value is -1.96. The molecule has 0 spiro atoms. The fourth-order valence-corrected chi connectivity index (χ4v) is 1.91. The second-order valence-corrected chi connectivity index (χ2v) is 3.93. The first-order valence-electron chi connectivity index (χ1n) is 5.27. The van der Waals surface area contributed by atoms with Crippen molar-refractivity contribution in [1.82, 2.24) is 0 Å². The molecular weight excluding hydrogens is 226 g/mol. The molecular formula is C12H10F2N2O. The van der Waals surface area contributed by atoms with Crippen LogP contribution in [0.5, 0.6) is 0 Å². The first kappa shape index (κ1) is 11.5. The molecule has 5 heteroatoms. The average molecular weight is 236 g/mol. The number of ketones is 1. The molecule has 1 fully saturated rings. The Bertz CT molecular complexity index is 475. The maximum absolute atomic E-state index is 13.7. The lowest BCUT2D eigenvalue weighted by molar-refractivity contribution is -0.119. The molecule has 1 heterocycles. The third-order valence-corrected chi connectivity index (χ3v) is 2.78. The summed E-state index contributed by atoms with van der Waals surface area (Å²) < 4.78 is 27.3. The summed E-state index contributed by atoms with van der Waals surface area (Å²) in [5.41, 5.74) is -0.187. The minimum Gasteiger partial charge on any atom is -0.366 e. The van der Waals surface area contributed by atoms with Crippen LogP contribution in [0.25, 0.3) is 0 Å². The highest BCUT2D eigenvalue weighted by atomic mass is 19.1. The standard InChI is InChI=1S/C12H10F2N2O/c13-10-5-8(7-15)6-11(14)12(10)16-3-1-9(17)2-4-16/h5-6H,1-4H2. The van der Waals surface area contributed by atoms with E-state index in [1.807, 2.05) is 0 Å². The number of hydrogen-bond acceptors (Lipinski definition) is 3. The molecule has 0 saturated carbocycles. The Morgan fingerprint density at radius 1 is 1.18 bits per heavy atom. The summed E-state index contributed by atoms with van der Waals surface area (Å²) in [4.78, 5) is 12.6. The van der Waals surface area contributed by atoms with Crippen LogP contribution in [0.15, 0.2) is 12.1 Å². The van der Waals surface area contributed by atoms with Crippen molar-refractivity contribution in [3.8, 4) is 6.07 Å². The molecule has 0 aromatic heterocycles. The number of benzene rings is 1. The van der Waals surface area contributed by atoms with Crippen molar-refractivity contribution in [2.45, 2.75) is 12.8 Å². The van der Waals surface area contributed by atoms with E-state index in [0.717, 1.165) is 12.1 Å². The Morgan fingerprint density at radius 2 is 1.71 bits per heavy atom. The number of carbonyl (C=O) groups excluding carboxylic acids is 1. The predicted octanol–water partition coefficient (Wildman–Crippen LogP) is 2.01. The molecule has 0 aliphatic carbocycles. The second-order valence-electron chi connectivity index (χ2n) is 3.93. The van der Waals surface area contributed by atoms with E-state index in [4.69, 9.17) is 5.26 Å². The van der Waals surface area contributed by atoms with Crippen LogP contribution >= 0.6 is 0 Å². The van der Waals surface area contributed by atoms with Crippen molar-refractivity contribution in [1.29, 1.82) is 5.26 Å². The molecule has 1 aromatic rings. The molecule has 3 nitrogen and oxygen atoms in total. The highest BCUT2D eigenvalue weighted by Crippen LogP contribution is 2.26. The second kappa shape index (κ2) is 4.50. The fraction of sp³-hybridized carbons (Fsp3) is 0.333. The Labute approximate surface area is 97.3 Å². The molecule has 0 bridgehead atoms. The van der Waals surface area contributed by atoms with E-state index in [-0.39, 0.29) is 17.0 Å². The van der Waals surface area contributed by atoms with Gasteiger partial charge in [0.25, 0.3) is 0 Å². The molecule has 1 aliphatic heterocycles. The topological polar surface area (TPSA) is 44.1 Å². The number of carbonyl (C=O) groups is 1. The van der Waals surface area contributed by atoms with Gasteiger partial charge in [-0.05, 0) is 12.1 Å². The molecule has 2 rings (SSSR count). The summed E-state index contributed by atoms with van der Waals surface area (Å²) in [6.45, 7) is 0.636. The Morgan fingerprint density at radius 3 is 2.18 bits per heavy atom. The number of rotatable bonds is 1. The van der Waals surface area contributed by atoms with Gasteiger partial charge in [0.2, 0.25) is 0 Å². The molecule has 1 saturated heterocycles. The van der Waals surface area contributed by atoms with Gasteiger partial charge in [0.05, 0.1) is 11.6 Å². The zero-order valence-corrected chi connectivity index (χ0v) is 9.04. The largest absolute Gasteiger partial charge is 0.366 e. The highest BCUT2D eigenvalue weighted by molar-refractivity contribution is 5.81. The molecule has 1 aromatic carbocycles. The van der Waals surface area contributed by atoms with Crippen molar-refractivity contribution >= 4 is 11.5 Å². The molecule has 0 radical (unpaired) electrons. The maximum Gasteiger partial charge on any atom is 0.150 e. The van der Waals surface area contributed by atoms with Gasteiger partial charge < -0.3 is 4.90 Å². The third-order valence-electron chi connectivity index (χ3n) is 2.78. The predicted molar refractivity (Wildman–Crippen MR) is 57.5 cm³/mol. The minimum atomic E-state index is -0.754. The van der Waals surface area contributed by atoms with Gasteiger partial charge in [-0.3, -0.25) is 4.79 Å². The number of hydrogen-bond donors (Lipinski definition) is 0. The minimum absolute atomic E-state index is 0.0446. The molecule has 1 aliphatic rings.